The summed E-state index contributed by atoms with van der Waals surface area (Å²) in [5.74, 6) is -1.50. The van der Waals surface area contributed by atoms with Crippen molar-refractivity contribution in [2.45, 2.75) is 55.9 Å². The molecule has 0 radical (unpaired) electrons. The number of hydrogen-bond acceptors (Lipinski definition) is 6. The Bertz CT molecular complexity index is 1020. The van der Waals surface area contributed by atoms with Gasteiger partial charge in [0.15, 0.2) is 5.78 Å². The molecule has 2 saturated carbocycles. The van der Waals surface area contributed by atoms with Crippen LogP contribution < -0.4 is 10.5 Å². The van der Waals surface area contributed by atoms with Gasteiger partial charge in [0.05, 0.1) is 17.7 Å². The Hall–Kier alpha value is -2.46. The maximum absolute atomic E-state index is 13.2. The molecule has 4 rings (SSSR count). The average Bonchev–Trinajstić information content (AvgIpc) is 3.45. The zero-order valence-electron chi connectivity index (χ0n) is 17.7. The number of fused-ring (bicyclic) bond motifs is 1. The second-order valence-corrected chi connectivity index (χ2v) is 11.1. The van der Waals surface area contributed by atoms with Crippen LogP contribution in [0.2, 0.25) is 0 Å². The highest BCUT2D eigenvalue weighted by molar-refractivity contribution is 7.90. The van der Waals surface area contributed by atoms with E-state index in [0.717, 1.165) is 17.7 Å². The molecular formula is C21H28N4O5S. The number of ketones is 1. The first-order valence-electron chi connectivity index (χ1n) is 10.5. The molecule has 1 aromatic rings. The summed E-state index contributed by atoms with van der Waals surface area (Å²) in [5, 5.41) is -0.689. The van der Waals surface area contributed by atoms with E-state index in [4.69, 9.17) is 5.73 Å². The Balaban J connectivity index is 1.51. The number of sulfonamides is 1. The molecule has 9 nitrogen and oxygen atoms in total. The summed E-state index contributed by atoms with van der Waals surface area (Å²) in [4.78, 5) is 41.1. The van der Waals surface area contributed by atoms with Crippen LogP contribution in [0, 0.1) is 5.92 Å². The standard InChI is InChI=1S/C21H28N4O5S/c1-21(9-10-21)23-31(29,30)15-7-8-17-16(11-15)19(27)25(20(28)24(17)2)12-18(26)13-3-5-14(22)6-4-13/h3-6,15-17,23H,7-12,22H2,1-2H3. The number of nitrogens with two attached hydrogens (primary N) is 1. The summed E-state index contributed by atoms with van der Waals surface area (Å²) >= 11 is 0. The van der Waals surface area contributed by atoms with E-state index in [-0.39, 0.29) is 30.3 Å². The zero-order chi connectivity index (χ0) is 22.6. The highest BCUT2D eigenvalue weighted by Gasteiger charge is 2.51. The third-order valence-corrected chi connectivity index (χ3v) is 8.82. The second kappa shape index (κ2) is 7.59. The maximum Gasteiger partial charge on any atom is 0.327 e. The predicted molar refractivity (Wildman–Crippen MR) is 115 cm³/mol. The summed E-state index contributed by atoms with van der Waals surface area (Å²) in [6.45, 7) is 1.49. The van der Waals surface area contributed by atoms with Crippen molar-refractivity contribution in [3.05, 3.63) is 29.8 Å². The number of Topliss-reactive ketones (excluding diaryl/α,β-unsaturated/α-hetero) is 1. The lowest BCUT2D eigenvalue weighted by atomic mass is 9.81. The molecule has 1 heterocycles. The Morgan fingerprint density at radius 1 is 1.19 bits per heavy atom. The molecule has 3 aliphatic rings. The molecule has 0 spiro atoms. The smallest absolute Gasteiger partial charge is 0.327 e. The summed E-state index contributed by atoms with van der Waals surface area (Å²) in [6, 6.07) is 5.39. The number of amides is 3. The van der Waals surface area contributed by atoms with Gasteiger partial charge in [-0.1, -0.05) is 0 Å². The summed E-state index contributed by atoms with van der Waals surface area (Å²) < 4.78 is 28.5. The number of nitrogens with zero attached hydrogens (tertiary/aromatic N) is 2. The lowest BCUT2D eigenvalue weighted by Crippen LogP contribution is -2.63. The normalized spacial score (nSPS) is 27.7. The maximum atomic E-state index is 13.2. The number of imide groups is 1. The number of hydrogen-bond donors (Lipinski definition) is 2. The van der Waals surface area contributed by atoms with Gasteiger partial charge in [0.2, 0.25) is 15.9 Å². The quantitative estimate of drug-likeness (QED) is 0.499. The van der Waals surface area contributed by atoms with Crippen molar-refractivity contribution < 1.29 is 22.8 Å². The van der Waals surface area contributed by atoms with Crippen LogP contribution in [0.5, 0.6) is 0 Å². The molecule has 3 atom stereocenters. The number of anilines is 1. The van der Waals surface area contributed by atoms with Gasteiger partial charge < -0.3 is 10.6 Å². The van der Waals surface area contributed by atoms with E-state index < -0.39 is 33.1 Å². The van der Waals surface area contributed by atoms with Crippen LogP contribution in [-0.2, 0) is 14.8 Å². The van der Waals surface area contributed by atoms with E-state index in [1.54, 1.807) is 31.3 Å². The Kier molecular flexibility index (Phi) is 5.33. The molecular weight excluding hydrogens is 420 g/mol. The minimum Gasteiger partial charge on any atom is -0.399 e. The van der Waals surface area contributed by atoms with Crippen molar-refractivity contribution in [1.82, 2.24) is 14.5 Å². The topological polar surface area (TPSA) is 130 Å². The first-order valence-corrected chi connectivity index (χ1v) is 12.1. The van der Waals surface area contributed by atoms with E-state index >= 15 is 0 Å². The van der Waals surface area contributed by atoms with Gasteiger partial charge in [-0.25, -0.2) is 17.9 Å². The number of urea groups is 1. The molecule has 2 aliphatic carbocycles. The average molecular weight is 449 g/mol. The van der Waals surface area contributed by atoms with Gasteiger partial charge in [0.25, 0.3) is 0 Å². The summed E-state index contributed by atoms with van der Waals surface area (Å²) in [5.41, 5.74) is 6.13. The number of nitrogen functional groups attached to an aromatic ring is 1. The van der Waals surface area contributed by atoms with Gasteiger partial charge in [-0.05, 0) is 63.3 Å². The molecule has 0 bridgehead atoms. The van der Waals surface area contributed by atoms with Gasteiger partial charge >= 0.3 is 6.03 Å². The molecule has 1 aromatic carbocycles. The fourth-order valence-electron chi connectivity index (χ4n) is 4.52. The molecule has 168 valence electrons. The number of carbonyl (C=O) groups is 3. The largest absolute Gasteiger partial charge is 0.399 e. The summed E-state index contributed by atoms with van der Waals surface area (Å²) in [7, 11) is -1.97. The lowest BCUT2D eigenvalue weighted by Gasteiger charge is -2.46. The van der Waals surface area contributed by atoms with Gasteiger partial charge in [-0.3, -0.25) is 14.5 Å². The predicted octanol–water partition coefficient (Wildman–Crippen LogP) is 1.35. The lowest BCUT2D eigenvalue weighted by molar-refractivity contribution is -0.139. The van der Waals surface area contributed by atoms with E-state index in [1.807, 2.05) is 6.92 Å². The van der Waals surface area contributed by atoms with Crippen LogP contribution in [-0.4, -0.2) is 66.4 Å². The minimum absolute atomic E-state index is 0.138. The number of benzene rings is 1. The van der Waals surface area contributed by atoms with Crippen molar-refractivity contribution >= 4 is 33.4 Å². The Morgan fingerprint density at radius 2 is 1.84 bits per heavy atom. The van der Waals surface area contributed by atoms with Crippen molar-refractivity contribution in [3.8, 4) is 0 Å². The van der Waals surface area contributed by atoms with Crippen LogP contribution in [0.4, 0.5) is 10.5 Å². The van der Waals surface area contributed by atoms with E-state index in [0.29, 0.717) is 24.1 Å². The Labute approximate surface area is 182 Å². The first-order chi connectivity index (χ1) is 14.5. The molecule has 3 unspecified atom stereocenters. The third-order valence-electron chi connectivity index (χ3n) is 6.74. The number of nitrogens with one attached hydrogen (secondary N) is 1. The molecule has 10 heteroatoms. The van der Waals surface area contributed by atoms with Crippen LogP contribution in [0.1, 0.15) is 49.4 Å². The Morgan fingerprint density at radius 3 is 2.45 bits per heavy atom. The third kappa shape index (κ3) is 4.18. The second-order valence-electron chi connectivity index (χ2n) is 9.18. The van der Waals surface area contributed by atoms with Gasteiger partial charge in [-0.15, -0.1) is 0 Å². The first kappa shape index (κ1) is 21.8. The van der Waals surface area contributed by atoms with Crippen LogP contribution >= 0.6 is 0 Å². The molecule has 1 aliphatic heterocycles. The van der Waals surface area contributed by atoms with Crippen LogP contribution in [0.3, 0.4) is 0 Å². The fourth-order valence-corrected chi connectivity index (χ4v) is 6.48. The van der Waals surface area contributed by atoms with Gasteiger partial charge in [0.1, 0.15) is 0 Å². The van der Waals surface area contributed by atoms with Crippen molar-refractivity contribution in [3.63, 3.8) is 0 Å². The molecule has 1 saturated heterocycles. The van der Waals surface area contributed by atoms with Gasteiger partial charge in [0, 0.05) is 29.9 Å². The van der Waals surface area contributed by atoms with E-state index in [1.165, 1.54) is 4.90 Å². The highest BCUT2D eigenvalue weighted by atomic mass is 32.2. The van der Waals surface area contributed by atoms with E-state index in [2.05, 4.69) is 4.72 Å². The SMILES string of the molecule is CN1C(=O)N(CC(=O)c2ccc(N)cc2)C(=O)C2CC(S(=O)(=O)NC3(C)CC3)CCC21. The van der Waals surface area contributed by atoms with Gasteiger partial charge in [-0.2, -0.15) is 0 Å². The zero-order valence-corrected chi connectivity index (χ0v) is 18.5. The van der Waals surface area contributed by atoms with Crippen molar-refractivity contribution in [2.24, 2.45) is 5.92 Å². The van der Waals surface area contributed by atoms with Crippen LogP contribution in [0.25, 0.3) is 0 Å². The molecule has 0 aromatic heterocycles. The fraction of sp³-hybridized carbons (Fsp3) is 0.571. The highest BCUT2D eigenvalue weighted by Crippen LogP contribution is 2.39. The van der Waals surface area contributed by atoms with Crippen LogP contribution in [0.15, 0.2) is 24.3 Å². The van der Waals surface area contributed by atoms with Crippen molar-refractivity contribution in [1.29, 1.82) is 0 Å². The number of rotatable bonds is 6. The monoisotopic (exact) mass is 448 g/mol. The number of carbonyl (C=O) groups excluding carboxylic acids is 3. The minimum atomic E-state index is -3.57. The molecule has 3 fully saturated rings. The van der Waals surface area contributed by atoms with E-state index in [9.17, 15) is 22.8 Å². The molecule has 3 amide bonds. The summed E-state index contributed by atoms with van der Waals surface area (Å²) in [6.07, 6.45) is 2.58. The van der Waals surface area contributed by atoms with Crippen molar-refractivity contribution in [2.75, 3.05) is 19.3 Å². The molecule has 3 N–H and O–H groups in total. The molecule has 31 heavy (non-hydrogen) atoms.